The van der Waals surface area contributed by atoms with E-state index in [9.17, 15) is 8.42 Å². The lowest BCUT2D eigenvalue weighted by molar-refractivity contribution is -0.00746. The number of nitrogens with one attached hydrogen (secondary N) is 1. The van der Waals surface area contributed by atoms with Crippen molar-refractivity contribution in [3.05, 3.63) is 102 Å². The number of aryl methyl sites for hydroxylation is 1. The number of aromatic nitrogens is 2. The number of ether oxygens (including phenoxy) is 4. The summed E-state index contributed by atoms with van der Waals surface area (Å²) in [5.74, 6) is 1.45. The summed E-state index contributed by atoms with van der Waals surface area (Å²) in [5, 5.41) is 3.71. The van der Waals surface area contributed by atoms with Gasteiger partial charge in [-0.25, -0.2) is 13.4 Å². The van der Waals surface area contributed by atoms with Crippen molar-refractivity contribution in [2.45, 2.75) is 67.5 Å². The van der Waals surface area contributed by atoms with Gasteiger partial charge in [0.15, 0.2) is 5.44 Å². The number of hydrogen-bond acceptors (Lipinski definition) is 9. The lowest BCUT2D eigenvalue weighted by Gasteiger charge is -2.40. The molecule has 6 rings (SSSR count). The predicted octanol–water partition coefficient (Wildman–Crippen LogP) is 6.09. The van der Waals surface area contributed by atoms with Crippen molar-refractivity contribution in [2.75, 3.05) is 52.0 Å². The molecule has 262 valence electrons. The van der Waals surface area contributed by atoms with E-state index < -0.39 is 21.4 Å². The summed E-state index contributed by atoms with van der Waals surface area (Å²) in [6, 6.07) is 21.1. The average molecular weight is 689 g/mol. The van der Waals surface area contributed by atoms with Crippen molar-refractivity contribution in [1.82, 2.24) is 14.9 Å². The lowest BCUT2D eigenvalue weighted by Crippen LogP contribution is -2.48. The number of anilines is 1. The largest absolute Gasteiger partial charge is 0.497 e. The third-order valence-corrected chi connectivity index (χ3v) is 11.6. The first-order chi connectivity index (χ1) is 23.8. The number of sulfone groups is 1. The molecule has 0 saturated carbocycles. The maximum atomic E-state index is 14.6. The van der Waals surface area contributed by atoms with Gasteiger partial charge in [-0.15, -0.1) is 0 Å². The lowest BCUT2D eigenvalue weighted by atomic mass is 9.82. The van der Waals surface area contributed by atoms with Gasteiger partial charge in [0.05, 0.1) is 36.7 Å². The Morgan fingerprint density at radius 1 is 1.06 bits per heavy atom. The van der Waals surface area contributed by atoms with Crippen LogP contribution in [0.15, 0.2) is 90.3 Å². The van der Waals surface area contributed by atoms with E-state index >= 15 is 0 Å². The molecule has 49 heavy (non-hydrogen) atoms. The van der Waals surface area contributed by atoms with E-state index in [0.717, 1.165) is 54.1 Å². The maximum absolute atomic E-state index is 14.6. The molecule has 0 radical (unpaired) electrons. The highest BCUT2D eigenvalue weighted by atomic mass is 32.2. The summed E-state index contributed by atoms with van der Waals surface area (Å²) in [7, 11) is -0.619. The number of benzene rings is 3. The molecule has 1 N–H and O–H groups in total. The number of nitrogens with zero attached hydrogens (tertiary/aromatic N) is 3. The Bertz CT molecular complexity index is 1750. The first-order valence-electron chi connectivity index (χ1n) is 17.1. The van der Waals surface area contributed by atoms with Crippen molar-refractivity contribution in [2.24, 2.45) is 0 Å². The second-order valence-corrected chi connectivity index (χ2v) is 15.1. The second-order valence-electron chi connectivity index (χ2n) is 13.1. The van der Waals surface area contributed by atoms with Crippen molar-refractivity contribution in [3.63, 3.8) is 0 Å². The second kappa shape index (κ2) is 15.8. The molecule has 0 aliphatic carbocycles. The Morgan fingerprint density at radius 3 is 2.57 bits per heavy atom. The number of hydrogen-bond donors (Lipinski definition) is 1. The number of rotatable bonds is 14. The van der Waals surface area contributed by atoms with Crippen LogP contribution in [-0.2, 0) is 19.3 Å². The van der Waals surface area contributed by atoms with Crippen LogP contribution in [0.5, 0.6) is 11.5 Å². The smallest absolute Gasteiger partial charge is 0.209 e. The number of methoxy groups -OCH3 is 2. The van der Waals surface area contributed by atoms with Crippen molar-refractivity contribution in [1.29, 1.82) is 0 Å². The molecule has 3 aromatic carbocycles. The van der Waals surface area contributed by atoms with Gasteiger partial charge in [0, 0.05) is 57.2 Å². The van der Waals surface area contributed by atoms with Crippen LogP contribution >= 0.6 is 0 Å². The predicted molar refractivity (Wildman–Crippen MR) is 190 cm³/mol. The van der Waals surface area contributed by atoms with E-state index in [1.807, 2.05) is 61.9 Å². The standard InChI is InChI=1S/C38H48N4O6S/c1-27-6-13-33(14-7-27)49(43,44)38(30-10-15-36-35(23-30)41(19-21-47-36)17-5-20-45-3)48-37-25-40-31(22-28(2)42-18-16-39-26-42)24-34(37)29-8-11-32(46-4)12-9-29/h6-16,18,23,26,28,31,34,37-38,40H,5,17,19-22,24-25H2,1-4H3/t28?,31-,34+,37-,38?/m0/s1. The molecular weight excluding hydrogens is 641 g/mol. The van der Waals surface area contributed by atoms with Crippen molar-refractivity contribution < 1.29 is 27.4 Å². The highest BCUT2D eigenvalue weighted by Crippen LogP contribution is 2.42. The maximum Gasteiger partial charge on any atom is 0.209 e. The van der Waals surface area contributed by atoms with Gasteiger partial charge in [-0.05, 0) is 80.6 Å². The third-order valence-electron chi connectivity index (χ3n) is 9.72. The zero-order valence-electron chi connectivity index (χ0n) is 28.8. The molecule has 5 atom stereocenters. The molecule has 10 nitrogen and oxygen atoms in total. The van der Waals surface area contributed by atoms with Crippen LogP contribution in [0.25, 0.3) is 0 Å². The van der Waals surface area contributed by atoms with E-state index in [1.165, 1.54) is 0 Å². The molecule has 0 amide bonds. The fourth-order valence-corrected chi connectivity index (χ4v) is 8.52. The molecular formula is C38H48N4O6S. The molecule has 1 fully saturated rings. The van der Waals surface area contributed by atoms with Crippen LogP contribution < -0.4 is 19.7 Å². The molecule has 2 unspecified atom stereocenters. The minimum absolute atomic E-state index is 0.0608. The summed E-state index contributed by atoms with van der Waals surface area (Å²) >= 11 is 0. The highest BCUT2D eigenvalue weighted by Gasteiger charge is 2.39. The molecule has 11 heteroatoms. The quantitative estimate of drug-likeness (QED) is 0.158. The molecule has 2 aliphatic heterocycles. The van der Waals surface area contributed by atoms with E-state index in [1.54, 1.807) is 32.5 Å². The molecule has 0 bridgehead atoms. The van der Waals surface area contributed by atoms with Gasteiger partial charge in [0.2, 0.25) is 9.84 Å². The third kappa shape index (κ3) is 8.12. The Morgan fingerprint density at radius 2 is 1.86 bits per heavy atom. The Labute approximate surface area is 290 Å². The molecule has 2 aliphatic rings. The summed E-state index contributed by atoms with van der Waals surface area (Å²) in [6.07, 6.45) is 7.73. The summed E-state index contributed by atoms with van der Waals surface area (Å²) in [5.41, 5.74) is 2.28. The van der Waals surface area contributed by atoms with Crippen molar-refractivity contribution in [3.8, 4) is 11.5 Å². The van der Waals surface area contributed by atoms with E-state index in [4.69, 9.17) is 18.9 Å². The Kier molecular flexibility index (Phi) is 11.2. The normalized spacial score (nSPS) is 20.7. The van der Waals surface area contributed by atoms with Crippen LogP contribution in [0, 0.1) is 6.92 Å². The van der Waals surface area contributed by atoms with Crippen LogP contribution in [0.4, 0.5) is 5.69 Å². The molecule has 1 saturated heterocycles. The topological polar surface area (TPSA) is 104 Å². The van der Waals surface area contributed by atoms with Gasteiger partial charge in [-0.3, -0.25) is 0 Å². The summed E-state index contributed by atoms with van der Waals surface area (Å²) in [4.78, 5) is 6.70. The monoisotopic (exact) mass is 688 g/mol. The SMILES string of the molecule is COCCCN1CCOc2ccc(C(O[C@H]3CN[C@@H](CC(C)n4ccnc4)C[C@@H]3c3ccc(OC)cc3)S(=O)(=O)c3ccc(C)cc3)cc21. The van der Waals surface area contributed by atoms with E-state index in [0.29, 0.717) is 31.9 Å². The van der Waals surface area contributed by atoms with E-state index in [-0.39, 0.29) is 22.9 Å². The first-order valence-corrected chi connectivity index (χ1v) is 18.6. The molecule has 3 heterocycles. The highest BCUT2D eigenvalue weighted by molar-refractivity contribution is 7.91. The molecule has 4 aromatic rings. The van der Waals surface area contributed by atoms with Crippen LogP contribution in [0.2, 0.25) is 0 Å². The minimum Gasteiger partial charge on any atom is -0.497 e. The fraction of sp³-hybridized carbons (Fsp3) is 0.447. The van der Waals surface area contributed by atoms with Gasteiger partial charge in [-0.2, -0.15) is 0 Å². The van der Waals surface area contributed by atoms with Crippen LogP contribution in [-0.4, -0.2) is 77.2 Å². The molecule has 0 spiro atoms. The van der Waals surface area contributed by atoms with Gasteiger partial charge in [0.1, 0.15) is 18.1 Å². The van der Waals surface area contributed by atoms with Crippen LogP contribution in [0.3, 0.4) is 0 Å². The average Bonchev–Trinajstić information content (AvgIpc) is 3.67. The number of imidazole rings is 1. The molecule has 1 aromatic heterocycles. The minimum atomic E-state index is -3.97. The Hall–Kier alpha value is -3.90. The first kappa shape index (κ1) is 34.9. The van der Waals surface area contributed by atoms with Crippen molar-refractivity contribution >= 4 is 15.5 Å². The summed E-state index contributed by atoms with van der Waals surface area (Å²) in [6.45, 7) is 7.33. The van der Waals surface area contributed by atoms with Gasteiger partial charge >= 0.3 is 0 Å². The Balaban J connectivity index is 1.35. The zero-order valence-corrected chi connectivity index (χ0v) is 29.6. The van der Waals surface area contributed by atoms with Gasteiger partial charge < -0.3 is 33.7 Å². The number of fused-ring (bicyclic) bond motifs is 1. The van der Waals surface area contributed by atoms with Gasteiger partial charge in [-0.1, -0.05) is 35.9 Å². The zero-order chi connectivity index (χ0) is 34.4. The van der Waals surface area contributed by atoms with Gasteiger partial charge in [0.25, 0.3) is 0 Å². The number of piperidine rings is 1. The van der Waals surface area contributed by atoms with E-state index in [2.05, 4.69) is 38.8 Å². The summed E-state index contributed by atoms with van der Waals surface area (Å²) < 4.78 is 55.0. The fourth-order valence-electron chi connectivity index (χ4n) is 6.96. The van der Waals surface area contributed by atoms with Crippen LogP contribution in [0.1, 0.15) is 60.3 Å².